The molecule has 1 saturated heterocycles. The van der Waals surface area contributed by atoms with Crippen LogP contribution in [0.4, 0.5) is 4.79 Å². The van der Waals surface area contributed by atoms with Crippen molar-refractivity contribution in [1.82, 2.24) is 25.1 Å². The van der Waals surface area contributed by atoms with Gasteiger partial charge in [-0.15, -0.1) is 0 Å². The molecule has 30 heavy (non-hydrogen) atoms. The van der Waals surface area contributed by atoms with Crippen LogP contribution in [0.1, 0.15) is 55.4 Å². The number of amides is 3. The molecule has 2 fully saturated rings. The molecule has 1 saturated carbocycles. The standard InChI is InChI=1S/C22H29N5O2S/c28-20(19-15-23-22(30)27(19)18-9-5-2-6-10-18)26-13-11-17(12-14-26)25-21(29)24-16-7-3-1-4-8-16/h2,5-6,9-10,15-17H,1,3-4,7-8,11-14H2,(H,23,30)(H2,24,25,29). The first-order chi connectivity index (χ1) is 14.6. The third-order valence-corrected chi connectivity index (χ3v) is 6.37. The fourth-order valence-electron chi connectivity index (χ4n) is 4.41. The van der Waals surface area contributed by atoms with Gasteiger partial charge in [0.15, 0.2) is 4.77 Å². The molecule has 3 N–H and O–H groups in total. The average Bonchev–Trinajstić information content (AvgIpc) is 3.16. The Balaban J connectivity index is 1.33. The van der Waals surface area contributed by atoms with Gasteiger partial charge in [0, 0.05) is 37.1 Å². The minimum Gasteiger partial charge on any atom is -0.337 e. The number of imidazole rings is 1. The first-order valence-electron chi connectivity index (χ1n) is 10.8. The van der Waals surface area contributed by atoms with Crippen LogP contribution in [-0.2, 0) is 0 Å². The predicted molar refractivity (Wildman–Crippen MR) is 118 cm³/mol. The zero-order valence-corrected chi connectivity index (χ0v) is 17.9. The minimum absolute atomic E-state index is 0.0451. The number of rotatable bonds is 4. The fourth-order valence-corrected chi connectivity index (χ4v) is 4.67. The second kappa shape index (κ2) is 9.47. The Kier molecular flexibility index (Phi) is 6.52. The lowest BCUT2D eigenvalue weighted by Gasteiger charge is -2.33. The summed E-state index contributed by atoms with van der Waals surface area (Å²) >= 11 is 5.39. The molecule has 4 rings (SSSR count). The summed E-state index contributed by atoms with van der Waals surface area (Å²) in [7, 11) is 0. The largest absolute Gasteiger partial charge is 0.337 e. The van der Waals surface area contributed by atoms with Crippen molar-refractivity contribution in [2.45, 2.75) is 57.0 Å². The molecule has 8 heteroatoms. The highest BCUT2D eigenvalue weighted by molar-refractivity contribution is 7.71. The molecule has 0 radical (unpaired) electrons. The molecule has 2 aromatic rings. The van der Waals surface area contributed by atoms with Gasteiger partial charge in [-0.2, -0.15) is 0 Å². The predicted octanol–water partition coefficient (Wildman–Crippen LogP) is 3.77. The van der Waals surface area contributed by atoms with E-state index in [1.165, 1.54) is 19.3 Å². The Morgan fingerprint density at radius 3 is 2.23 bits per heavy atom. The second-order valence-electron chi connectivity index (χ2n) is 8.17. The van der Waals surface area contributed by atoms with Crippen molar-refractivity contribution in [3.8, 4) is 5.69 Å². The molecule has 2 aliphatic rings. The number of H-pyrrole nitrogens is 1. The highest BCUT2D eigenvalue weighted by atomic mass is 32.1. The van der Waals surface area contributed by atoms with E-state index in [-0.39, 0.29) is 18.0 Å². The SMILES string of the molecule is O=C(NC1CCCCC1)NC1CCN(C(=O)c2c[nH]c(=S)n2-c2ccccc2)CC1. The van der Waals surface area contributed by atoms with Gasteiger partial charge in [-0.05, 0) is 50.0 Å². The van der Waals surface area contributed by atoms with E-state index in [9.17, 15) is 9.59 Å². The summed E-state index contributed by atoms with van der Waals surface area (Å²) in [4.78, 5) is 30.3. The average molecular weight is 428 g/mol. The van der Waals surface area contributed by atoms with E-state index in [0.29, 0.717) is 29.6 Å². The summed E-state index contributed by atoms with van der Waals surface area (Å²) < 4.78 is 2.28. The van der Waals surface area contributed by atoms with Gasteiger partial charge in [0.05, 0.1) is 0 Å². The molecule has 2 heterocycles. The normalized spacial score (nSPS) is 18.2. The van der Waals surface area contributed by atoms with Crippen LogP contribution < -0.4 is 10.6 Å². The van der Waals surface area contributed by atoms with Crippen LogP contribution >= 0.6 is 12.2 Å². The van der Waals surface area contributed by atoms with Crippen LogP contribution in [0.5, 0.6) is 0 Å². The molecule has 0 atom stereocenters. The Hall–Kier alpha value is -2.61. The van der Waals surface area contributed by atoms with Crippen molar-refractivity contribution >= 4 is 24.2 Å². The molecule has 1 aromatic heterocycles. The Labute approximate surface area is 181 Å². The first kappa shape index (κ1) is 20.7. The Morgan fingerprint density at radius 1 is 0.933 bits per heavy atom. The number of aromatic amines is 1. The lowest BCUT2D eigenvalue weighted by atomic mass is 9.96. The maximum Gasteiger partial charge on any atom is 0.315 e. The van der Waals surface area contributed by atoms with Crippen molar-refractivity contribution in [3.63, 3.8) is 0 Å². The maximum absolute atomic E-state index is 13.1. The van der Waals surface area contributed by atoms with E-state index in [1.807, 2.05) is 35.2 Å². The quantitative estimate of drug-likeness (QED) is 0.650. The third kappa shape index (κ3) is 4.75. The van der Waals surface area contributed by atoms with E-state index < -0.39 is 0 Å². The fraction of sp³-hybridized carbons (Fsp3) is 0.500. The van der Waals surface area contributed by atoms with Gasteiger partial charge in [0.25, 0.3) is 5.91 Å². The van der Waals surface area contributed by atoms with Gasteiger partial charge in [-0.3, -0.25) is 9.36 Å². The molecule has 1 aliphatic carbocycles. The van der Waals surface area contributed by atoms with Crippen molar-refractivity contribution in [1.29, 1.82) is 0 Å². The van der Waals surface area contributed by atoms with Gasteiger partial charge in [0.2, 0.25) is 0 Å². The van der Waals surface area contributed by atoms with Crippen LogP contribution in [0.2, 0.25) is 0 Å². The third-order valence-electron chi connectivity index (χ3n) is 6.07. The molecule has 0 unspecified atom stereocenters. The van der Waals surface area contributed by atoms with Crippen LogP contribution in [0.3, 0.4) is 0 Å². The van der Waals surface area contributed by atoms with Crippen molar-refractivity contribution < 1.29 is 9.59 Å². The van der Waals surface area contributed by atoms with Gasteiger partial charge >= 0.3 is 6.03 Å². The van der Waals surface area contributed by atoms with Gasteiger partial charge in [0.1, 0.15) is 5.69 Å². The number of hydrogen-bond donors (Lipinski definition) is 3. The minimum atomic E-state index is -0.0741. The number of benzene rings is 1. The van der Waals surface area contributed by atoms with E-state index in [2.05, 4.69) is 15.6 Å². The van der Waals surface area contributed by atoms with E-state index in [1.54, 1.807) is 10.8 Å². The number of carbonyl (C=O) groups is 2. The topological polar surface area (TPSA) is 82.2 Å². The molecule has 1 aromatic carbocycles. The number of piperidine rings is 1. The first-order valence-corrected chi connectivity index (χ1v) is 11.2. The van der Waals surface area contributed by atoms with E-state index in [4.69, 9.17) is 12.2 Å². The lowest BCUT2D eigenvalue weighted by Crippen LogP contribution is -2.51. The zero-order valence-electron chi connectivity index (χ0n) is 17.1. The van der Waals surface area contributed by atoms with Crippen LogP contribution in [0.25, 0.3) is 5.69 Å². The number of urea groups is 1. The lowest BCUT2D eigenvalue weighted by molar-refractivity contribution is 0.0700. The summed E-state index contributed by atoms with van der Waals surface area (Å²) in [5.41, 5.74) is 1.40. The molecule has 0 spiro atoms. The number of carbonyl (C=O) groups excluding carboxylic acids is 2. The zero-order chi connectivity index (χ0) is 20.9. The number of para-hydroxylation sites is 1. The van der Waals surface area contributed by atoms with E-state index in [0.717, 1.165) is 31.4 Å². The number of aromatic nitrogens is 2. The number of likely N-dealkylation sites (tertiary alicyclic amines) is 1. The van der Waals surface area contributed by atoms with Crippen molar-refractivity contribution in [2.24, 2.45) is 0 Å². The Bertz CT molecular complexity index is 925. The van der Waals surface area contributed by atoms with Gasteiger partial charge in [-0.25, -0.2) is 4.79 Å². The summed E-state index contributed by atoms with van der Waals surface area (Å²) in [6.45, 7) is 1.22. The van der Waals surface area contributed by atoms with Gasteiger partial charge < -0.3 is 20.5 Å². The molecule has 1 aliphatic heterocycles. The number of hydrogen-bond acceptors (Lipinski definition) is 3. The summed E-state index contributed by atoms with van der Waals surface area (Å²) in [5.74, 6) is -0.0451. The van der Waals surface area contributed by atoms with Gasteiger partial charge in [-0.1, -0.05) is 37.5 Å². The van der Waals surface area contributed by atoms with E-state index >= 15 is 0 Å². The van der Waals surface area contributed by atoms with Crippen LogP contribution in [0.15, 0.2) is 36.5 Å². The summed E-state index contributed by atoms with van der Waals surface area (Å²) in [6.07, 6.45) is 8.98. The number of nitrogens with one attached hydrogen (secondary N) is 3. The summed E-state index contributed by atoms with van der Waals surface area (Å²) in [6, 6.07) is 9.97. The molecule has 0 bridgehead atoms. The highest BCUT2D eigenvalue weighted by Crippen LogP contribution is 2.19. The molecule has 160 valence electrons. The molecule has 7 nitrogen and oxygen atoms in total. The maximum atomic E-state index is 13.1. The van der Waals surface area contributed by atoms with Crippen molar-refractivity contribution in [2.75, 3.05) is 13.1 Å². The van der Waals surface area contributed by atoms with Crippen LogP contribution in [0, 0.1) is 4.77 Å². The van der Waals surface area contributed by atoms with Crippen LogP contribution in [-0.4, -0.2) is 51.6 Å². The Morgan fingerprint density at radius 2 is 1.57 bits per heavy atom. The summed E-state index contributed by atoms with van der Waals surface area (Å²) in [5, 5.41) is 6.20. The molecular formula is C22H29N5O2S. The second-order valence-corrected chi connectivity index (χ2v) is 8.56. The monoisotopic (exact) mass is 427 g/mol. The molecule has 3 amide bonds. The molecular weight excluding hydrogens is 398 g/mol. The smallest absolute Gasteiger partial charge is 0.315 e. The number of nitrogens with zero attached hydrogens (tertiary/aromatic N) is 2. The van der Waals surface area contributed by atoms with Crippen molar-refractivity contribution in [3.05, 3.63) is 47.0 Å². The highest BCUT2D eigenvalue weighted by Gasteiger charge is 2.27.